The van der Waals surface area contributed by atoms with Crippen LogP contribution in [0.4, 0.5) is 5.13 Å². The van der Waals surface area contributed by atoms with Gasteiger partial charge in [0.25, 0.3) is 5.91 Å². The Labute approximate surface area is 150 Å². The average molecular weight is 364 g/mol. The molecule has 0 saturated carbocycles. The Morgan fingerprint density at radius 2 is 2.17 bits per heavy atom. The number of rotatable bonds is 7. The quantitative estimate of drug-likeness (QED) is 0.455. The maximum atomic E-state index is 12.3. The largest absolute Gasteiger partial charge is 0.481 e. The van der Waals surface area contributed by atoms with Crippen molar-refractivity contribution in [2.45, 2.75) is 38.1 Å². The Morgan fingerprint density at radius 3 is 2.88 bits per heavy atom. The lowest BCUT2D eigenvalue weighted by Crippen LogP contribution is -2.30. The van der Waals surface area contributed by atoms with E-state index < -0.39 is 6.10 Å². The van der Waals surface area contributed by atoms with E-state index in [4.69, 9.17) is 4.74 Å². The van der Waals surface area contributed by atoms with E-state index in [1.807, 2.05) is 26.8 Å². The van der Waals surface area contributed by atoms with Crippen LogP contribution in [-0.2, 0) is 4.79 Å². The van der Waals surface area contributed by atoms with E-state index in [0.717, 1.165) is 32.5 Å². The van der Waals surface area contributed by atoms with Crippen LogP contribution in [0.5, 0.6) is 5.75 Å². The summed E-state index contributed by atoms with van der Waals surface area (Å²) in [6.07, 6.45) is 1.17. The minimum atomic E-state index is -0.627. The van der Waals surface area contributed by atoms with Gasteiger partial charge in [0, 0.05) is 5.75 Å². The molecule has 24 heavy (non-hydrogen) atoms. The SMILES string of the molecule is C=CCSc1nnc(NC(=O)C(C)Oc2cc(C)cc(C)c2C)s1. The molecule has 1 atom stereocenters. The molecule has 0 aliphatic heterocycles. The topological polar surface area (TPSA) is 64.1 Å². The van der Waals surface area contributed by atoms with Crippen molar-refractivity contribution >= 4 is 34.1 Å². The van der Waals surface area contributed by atoms with Gasteiger partial charge in [0.15, 0.2) is 10.4 Å². The van der Waals surface area contributed by atoms with Gasteiger partial charge in [0.05, 0.1) is 0 Å². The monoisotopic (exact) mass is 363 g/mol. The van der Waals surface area contributed by atoms with E-state index in [2.05, 4.69) is 28.2 Å². The summed E-state index contributed by atoms with van der Waals surface area (Å²) in [5, 5.41) is 11.2. The molecular weight excluding hydrogens is 342 g/mol. The predicted molar refractivity (Wildman–Crippen MR) is 100 cm³/mol. The Hall–Kier alpha value is -1.86. The second-order valence-corrected chi connectivity index (χ2v) is 7.67. The first-order valence-corrected chi connectivity index (χ1v) is 9.33. The third-order valence-corrected chi connectivity index (χ3v) is 5.37. The molecule has 0 saturated heterocycles. The van der Waals surface area contributed by atoms with Gasteiger partial charge in [-0.1, -0.05) is 35.2 Å². The van der Waals surface area contributed by atoms with Crippen LogP contribution >= 0.6 is 23.1 Å². The van der Waals surface area contributed by atoms with Crippen molar-refractivity contribution in [3.63, 3.8) is 0 Å². The van der Waals surface area contributed by atoms with Gasteiger partial charge >= 0.3 is 0 Å². The zero-order valence-corrected chi connectivity index (χ0v) is 15.9. The first-order valence-electron chi connectivity index (χ1n) is 7.53. The number of thioether (sulfide) groups is 1. The molecule has 0 aliphatic rings. The van der Waals surface area contributed by atoms with Gasteiger partial charge in [-0.05, 0) is 50.5 Å². The Kier molecular flexibility index (Phi) is 6.39. The lowest BCUT2D eigenvalue weighted by molar-refractivity contribution is -0.122. The fourth-order valence-corrected chi connectivity index (χ4v) is 3.54. The molecule has 0 fully saturated rings. The third-order valence-electron chi connectivity index (χ3n) is 3.40. The Balaban J connectivity index is 2.00. The number of carbonyl (C=O) groups is 1. The molecule has 5 nitrogen and oxygen atoms in total. The summed E-state index contributed by atoms with van der Waals surface area (Å²) in [5.74, 6) is 1.24. The van der Waals surface area contributed by atoms with Crippen molar-refractivity contribution in [2.75, 3.05) is 11.1 Å². The maximum absolute atomic E-state index is 12.3. The van der Waals surface area contributed by atoms with Crippen molar-refractivity contribution < 1.29 is 9.53 Å². The van der Waals surface area contributed by atoms with Crippen LogP contribution in [0.25, 0.3) is 0 Å². The molecule has 1 heterocycles. The van der Waals surface area contributed by atoms with Crippen molar-refractivity contribution in [3.8, 4) is 5.75 Å². The highest BCUT2D eigenvalue weighted by atomic mass is 32.2. The minimum Gasteiger partial charge on any atom is -0.481 e. The molecule has 1 amide bonds. The van der Waals surface area contributed by atoms with Crippen molar-refractivity contribution in [1.29, 1.82) is 0 Å². The summed E-state index contributed by atoms with van der Waals surface area (Å²) in [5.41, 5.74) is 3.29. The number of hydrogen-bond acceptors (Lipinski definition) is 6. The highest BCUT2D eigenvalue weighted by Gasteiger charge is 2.18. The molecule has 0 aliphatic carbocycles. The zero-order valence-electron chi connectivity index (χ0n) is 14.3. The number of ether oxygens (including phenoxy) is 1. The van der Waals surface area contributed by atoms with Crippen molar-refractivity contribution in [2.24, 2.45) is 0 Å². The predicted octanol–water partition coefficient (Wildman–Crippen LogP) is 4.15. The van der Waals surface area contributed by atoms with Gasteiger partial charge < -0.3 is 4.74 Å². The summed E-state index contributed by atoms with van der Waals surface area (Å²) in [6, 6.07) is 4.04. The second kappa shape index (κ2) is 8.30. The average Bonchev–Trinajstić information content (AvgIpc) is 2.97. The van der Waals surface area contributed by atoms with Gasteiger partial charge in [-0.25, -0.2) is 0 Å². The van der Waals surface area contributed by atoms with Crippen LogP contribution in [-0.4, -0.2) is 28.0 Å². The van der Waals surface area contributed by atoms with Crippen molar-refractivity contribution in [1.82, 2.24) is 10.2 Å². The number of nitrogens with zero attached hydrogens (tertiary/aromatic N) is 2. The third kappa shape index (κ3) is 4.82. The van der Waals surface area contributed by atoms with Crippen LogP contribution in [0.3, 0.4) is 0 Å². The van der Waals surface area contributed by atoms with Gasteiger partial charge in [-0.15, -0.1) is 16.8 Å². The molecule has 1 unspecified atom stereocenters. The van der Waals surface area contributed by atoms with E-state index in [1.54, 1.807) is 13.0 Å². The van der Waals surface area contributed by atoms with E-state index in [-0.39, 0.29) is 5.91 Å². The van der Waals surface area contributed by atoms with E-state index in [0.29, 0.717) is 5.13 Å². The summed E-state index contributed by atoms with van der Waals surface area (Å²) in [7, 11) is 0. The standard InChI is InChI=1S/C17H21N3O2S2/c1-6-7-23-17-20-19-16(24-17)18-15(21)13(5)22-14-9-10(2)8-11(3)12(14)4/h6,8-9,13H,1,7H2,2-5H3,(H,18,19,21). The fraction of sp³-hybridized carbons (Fsp3) is 0.353. The van der Waals surface area contributed by atoms with Crippen LogP contribution < -0.4 is 10.1 Å². The molecule has 2 aromatic rings. The molecule has 0 radical (unpaired) electrons. The number of amides is 1. The number of nitrogens with one attached hydrogen (secondary N) is 1. The number of carbonyl (C=O) groups excluding carboxylic acids is 1. The Bertz CT molecular complexity index is 743. The number of aryl methyl sites for hydroxylation is 2. The summed E-state index contributed by atoms with van der Waals surface area (Å²) in [6.45, 7) is 11.4. The normalized spacial score (nSPS) is 11.8. The molecule has 0 bridgehead atoms. The number of aromatic nitrogens is 2. The molecule has 2 rings (SSSR count). The lowest BCUT2D eigenvalue weighted by atomic mass is 10.1. The van der Waals surface area contributed by atoms with Crippen LogP contribution in [0.1, 0.15) is 23.6 Å². The Morgan fingerprint density at radius 1 is 1.42 bits per heavy atom. The van der Waals surface area contributed by atoms with Crippen LogP contribution in [0.2, 0.25) is 0 Å². The van der Waals surface area contributed by atoms with E-state index in [9.17, 15) is 4.79 Å². The van der Waals surface area contributed by atoms with Gasteiger partial charge in [0.1, 0.15) is 5.75 Å². The van der Waals surface area contributed by atoms with Gasteiger partial charge in [-0.3, -0.25) is 10.1 Å². The fourth-order valence-electron chi connectivity index (χ4n) is 2.02. The van der Waals surface area contributed by atoms with Gasteiger partial charge in [0.2, 0.25) is 5.13 Å². The molecule has 1 N–H and O–H groups in total. The zero-order chi connectivity index (χ0) is 17.7. The summed E-state index contributed by atoms with van der Waals surface area (Å²) in [4.78, 5) is 12.3. The van der Waals surface area contributed by atoms with E-state index >= 15 is 0 Å². The van der Waals surface area contributed by atoms with Gasteiger partial charge in [-0.2, -0.15) is 0 Å². The number of hydrogen-bond donors (Lipinski definition) is 1. The highest BCUT2D eigenvalue weighted by molar-refractivity contribution is 8.01. The highest BCUT2D eigenvalue weighted by Crippen LogP contribution is 2.27. The van der Waals surface area contributed by atoms with Crippen LogP contribution in [0, 0.1) is 20.8 Å². The maximum Gasteiger partial charge on any atom is 0.266 e. The van der Waals surface area contributed by atoms with E-state index in [1.165, 1.54) is 23.1 Å². The molecule has 128 valence electrons. The summed E-state index contributed by atoms with van der Waals surface area (Å²) < 4.78 is 6.63. The molecule has 7 heteroatoms. The molecule has 0 spiro atoms. The molecule has 1 aromatic heterocycles. The molecular formula is C17H21N3O2S2. The second-order valence-electron chi connectivity index (χ2n) is 5.43. The minimum absolute atomic E-state index is 0.245. The first-order chi connectivity index (χ1) is 11.4. The smallest absolute Gasteiger partial charge is 0.266 e. The number of benzene rings is 1. The van der Waals surface area contributed by atoms with Crippen molar-refractivity contribution in [3.05, 3.63) is 41.5 Å². The van der Waals surface area contributed by atoms with Crippen LogP contribution in [0.15, 0.2) is 29.1 Å². The summed E-state index contributed by atoms with van der Waals surface area (Å²) >= 11 is 2.87. The molecule has 1 aromatic carbocycles. The lowest BCUT2D eigenvalue weighted by Gasteiger charge is -2.17. The number of anilines is 1. The first kappa shape index (κ1) is 18.5.